The lowest BCUT2D eigenvalue weighted by Crippen LogP contribution is -2.27. The summed E-state index contributed by atoms with van der Waals surface area (Å²) in [7, 11) is 1.88. The fourth-order valence-electron chi connectivity index (χ4n) is 2.13. The van der Waals surface area contributed by atoms with Gasteiger partial charge in [0.15, 0.2) is 0 Å². The molecule has 0 fully saturated rings. The summed E-state index contributed by atoms with van der Waals surface area (Å²) in [6.07, 6.45) is 5.26. The standard InChI is InChI=1S/C15H20N4O/c1-19-11-12(10-18-19)7-9-17-15(20)14-5-3-2-4-13(14)6-8-16/h2-5,10-11H,6-9,16H2,1H3,(H,17,20). The maximum atomic E-state index is 12.2. The lowest BCUT2D eigenvalue weighted by atomic mass is 10.0. The first-order valence-electron chi connectivity index (χ1n) is 6.74. The third kappa shape index (κ3) is 3.68. The molecule has 2 rings (SSSR count). The highest BCUT2D eigenvalue weighted by molar-refractivity contribution is 5.95. The van der Waals surface area contributed by atoms with Gasteiger partial charge in [0.2, 0.25) is 0 Å². The fraction of sp³-hybridized carbons (Fsp3) is 0.333. The van der Waals surface area contributed by atoms with E-state index in [0.717, 1.165) is 17.5 Å². The number of aryl methyl sites for hydroxylation is 1. The van der Waals surface area contributed by atoms with Gasteiger partial charge in [-0.1, -0.05) is 18.2 Å². The lowest BCUT2D eigenvalue weighted by Gasteiger charge is -2.09. The monoisotopic (exact) mass is 272 g/mol. The van der Waals surface area contributed by atoms with E-state index < -0.39 is 0 Å². The van der Waals surface area contributed by atoms with Gasteiger partial charge in [0.25, 0.3) is 5.91 Å². The first kappa shape index (κ1) is 14.3. The van der Waals surface area contributed by atoms with Crippen molar-refractivity contribution in [1.82, 2.24) is 15.1 Å². The molecule has 5 heteroatoms. The smallest absolute Gasteiger partial charge is 0.251 e. The van der Waals surface area contributed by atoms with Crippen LogP contribution < -0.4 is 11.1 Å². The van der Waals surface area contributed by atoms with E-state index in [4.69, 9.17) is 5.73 Å². The van der Waals surface area contributed by atoms with Crippen LogP contribution in [0.1, 0.15) is 21.5 Å². The predicted octanol–water partition coefficient (Wildman–Crippen LogP) is 0.894. The number of aromatic nitrogens is 2. The molecule has 106 valence electrons. The lowest BCUT2D eigenvalue weighted by molar-refractivity contribution is 0.0953. The summed E-state index contributed by atoms with van der Waals surface area (Å²) in [4.78, 5) is 12.2. The Morgan fingerprint density at radius 1 is 1.35 bits per heavy atom. The number of nitrogens with one attached hydrogen (secondary N) is 1. The second kappa shape index (κ2) is 6.86. The summed E-state index contributed by atoms with van der Waals surface area (Å²) in [5, 5.41) is 7.04. The van der Waals surface area contributed by atoms with Crippen LogP contribution in [0.15, 0.2) is 36.7 Å². The van der Waals surface area contributed by atoms with Gasteiger partial charge in [0.1, 0.15) is 0 Å². The summed E-state index contributed by atoms with van der Waals surface area (Å²) in [6, 6.07) is 7.58. The van der Waals surface area contributed by atoms with Crippen LogP contribution in [0.4, 0.5) is 0 Å². The van der Waals surface area contributed by atoms with Gasteiger partial charge in [-0.15, -0.1) is 0 Å². The molecule has 0 saturated heterocycles. The third-order valence-corrected chi connectivity index (χ3v) is 3.13. The van der Waals surface area contributed by atoms with Gasteiger partial charge in [-0.05, 0) is 36.6 Å². The Labute approximate surface area is 118 Å². The van der Waals surface area contributed by atoms with E-state index >= 15 is 0 Å². The molecule has 0 aliphatic carbocycles. The summed E-state index contributed by atoms with van der Waals surface area (Å²) in [5.74, 6) is -0.0436. The van der Waals surface area contributed by atoms with Crippen LogP contribution in [0.5, 0.6) is 0 Å². The number of hydrogen-bond acceptors (Lipinski definition) is 3. The minimum atomic E-state index is -0.0436. The quantitative estimate of drug-likeness (QED) is 0.820. The largest absolute Gasteiger partial charge is 0.352 e. The Balaban J connectivity index is 1.91. The molecule has 2 aromatic rings. The number of rotatable bonds is 6. The number of nitrogens with two attached hydrogens (primary N) is 1. The van der Waals surface area contributed by atoms with Gasteiger partial charge in [-0.3, -0.25) is 9.48 Å². The van der Waals surface area contributed by atoms with Crippen molar-refractivity contribution < 1.29 is 4.79 Å². The first-order valence-corrected chi connectivity index (χ1v) is 6.74. The average Bonchev–Trinajstić information content (AvgIpc) is 2.85. The van der Waals surface area contributed by atoms with Gasteiger partial charge in [-0.2, -0.15) is 5.10 Å². The third-order valence-electron chi connectivity index (χ3n) is 3.13. The van der Waals surface area contributed by atoms with Crippen LogP contribution in [-0.4, -0.2) is 28.8 Å². The van der Waals surface area contributed by atoms with Crippen molar-refractivity contribution in [1.29, 1.82) is 0 Å². The molecule has 0 radical (unpaired) electrons. The molecule has 0 spiro atoms. The fourth-order valence-corrected chi connectivity index (χ4v) is 2.13. The minimum absolute atomic E-state index is 0.0436. The van der Waals surface area contributed by atoms with Crippen molar-refractivity contribution in [2.24, 2.45) is 12.8 Å². The highest BCUT2D eigenvalue weighted by atomic mass is 16.1. The number of carbonyl (C=O) groups is 1. The number of hydrogen-bond donors (Lipinski definition) is 2. The van der Waals surface area contributed by atoms with Gasteiger partial charge in [0, 0.05) is 25.4 Å². The molecule has 5 nitrogen and oxygen atoms in total. The zero-order valence-electron chi connectivity index (χ0n) is 11.7. The van der Waals surface area contributed by atoms with Crippen LogP contribution in [0.3, 0.4) is 0 Å². The SMILES string of the molecule is Cn1cc(CCNC(=O)c2ccccc2CCN)cn1. The topological polar surface area (TPSA) is 72.9 Å². The van der Waals surface area contributed by atoms with Gasteiger partial charge < -0.3 is 11.1 Å². The molecule has 0 aliphatic rings. The van der Waals surface area contributed by atoms with Crippen molar-refractivity contribution in [2.45, 2.75) is 12.8 Å². The maximum Gasteiger partial charge on any atom is 0.251 e. The second-order valence-corrected chi connectivity index (χ2v) is 4.72. The molecule has 20 heavy (non-hydrogen) atoms. The molecule has 1 aromatic heterocycles. The van der Waals surface area contributed by atoms with Crippen molar-refractivity contribution in [3.05, 3.63) is 53.3 Å². The van der Waals surface area contributed by atoms with Crippen LogP contribution in [0, 0.1) is 0 Å². The van der Waals surface area contributed by atoms with Crippen LogP contribution in [0.2, 0.25) is 0 Å². The molecule has 0 unspecified atom stereocenters. The molecule has 1 heterocycles. The molecule has 3 N–H and O–H groups in total. The predicted molar refractivity (Wildman–Crippen MR) is 78.4 cm³/mol. The van der Waals surface area contributed by atoms with E-state index in [0.29, 0.717) is 25.1 Å². The first-order chi connectivity index (χ1) is 9.70. The van der Waals surface area contributed by atoms with Crippen LogP contribution >= 0.6 is 0 Å². The van der Waals surface area contributed by atoms with E-state index in [2.05, 4.69) is 10.4 Å². The highest BCUT2D eigenvalue weighted by Gasteiger charge is 2.09. The van der Waals surface area contributed by atoms with Gasteiger partial charge in [-0.25, -0.2) is 0 Å². The Bertz CT molecular complexity index is 577. The Hall–Kier alpha value is -2.14. The molecule has 1 aromatic carbocycles. The highest BCUT2D eigenvalue weighted by Crippen LogP contribution is 2.09. The van der Waals surface area contributed by atoms with Crippen molar-refractivity contribution in [3.63, 3.8) is 0 Å². The van der Waals surface area contributed by atoms with E-state index in [1.165, 1.54) is 0 Å². The van der Waals surface area contributed by atoms with Crippen molar-refractivity contribution >= 4 is 5.91 Å². The molecule has 0 atom stereocenters. The van der Waals surface area contributed by atoms with E-state index in [9.17, 15) is 4.79 Å². The number of benzene rings is 1. The Kier molecular flexibility index (Phi) is 4.90. The zero-order chi connectivity index (χ0) is 14.4. The normalized spacial score (nSPS) is 10.5. The van der Waals surface area contributed by atoms with Gasteiger partial charge in [0.05, 0.1) is 6.20 Å². The van der Waals surface area contributed by atoms with E-state index in [1.807, 2.05) is 43.7 Å². The number of carbonyl (C=O) groups excluding carboxylic acids is 1. The molecule has 0 bridgehead atoms. The molecular formula is C15H20N4O. The molecular weight excluding hydrogens is 252 g/mol. The van der Waals surface area contributed by atoms with Crippen molar-refractivity contribution in [3.8, 4) is 0 Å². The Morgan fingerprint density at radius 3 is 2.85 bits per heavy atom. The Morgan fingerprint density at radius 2 is 2.15 bits per heavy atom. The summed E-state index contributed by atoms with van der Waals surface area (Å²) in [6.45, 7) is 1.14. The zero-order valence-corrected chi connectivity index (χ0v) is 11.7. The molecule has 1 amide bonds. The number of amides is 1. The van der Waals surface area contributed by atoms with Crippen LogP contribution in [0.25, 0.3) is 0 Å². The van der Waals surface area contributed by atoms with E-state index in [1.54, 1.807) is 4.68 Å². The molecule has 0 saturated carbocycles. The van der Waals surface area contributed by atoms with Gasteiger partial charge >= 0.3 is 0 Å². The summed E-state index contributed by atoms with van der Waals surface area (Å²) >= 11 is 0. The maximum absolute atomic E-state index is 12.2. The summed E-state index contributed by atoms with van der Waals surface area (Å²) < 4.78 is 1.76. The summed E-state index contributed by atoms with van der Waals surface area (Å²) in [5.41, 5.74) is 8.39. The number of nitrogens with zero attached hydrogens (tertiary/aromatic N) is 2. The second-order valence-electron chi connectivity index (χ2n) is 4.72. The van der Waals surface area contributed by atoms with Crippen molar-refractivity contribution in [2.75, 3.05) is 13.1 Å². The van der Waals surface area contributed by atoms with E-state index in [-0.39, 0.29) is 5.91 Å². The minimum Gasteiger partial charge on any atom is -0.352 e. The average molecular weight is 272 g/mol. The van der Waals surface area contributed by atoms with Crippen LogP contribution in [-0.2, 0) is 19.9 Å². The molecule has 0 aliphatic heterocycles.